The molecule has 0 aliphatic carbocycles. The maximum atomic E-state index is 12.1. The number of aromatic nitrogens is 4. The van der Waals surface area contributed by atoms with E-state index < -0.39 is 5.97 Å². The first-order valence-corrected chi connectivity index (χ1v) is 7.30. The fourth-order valence-corrected chi connectivity index (χ4v) is 2.71. The molecule has 0 aromatic carbocycles. The number of rotatable bonds is 4. The van der Waals surface area contributed by atoms with Gasteiger partial charge in [0.05, 0.1) is 11.4 Å². The summed E-state index contributed by atoms with van der Waals surface area (Å²) in [6, 6.07) is 5.54. The van der Waals surface area contributed by atoms with Crippen LogP contribution in [0, 0.1) is 13.8 Å². The molecule has 8 heteroatoms. The summed E-state index contributed by atoms with van der Waals surface area (Å²) in [6.45, 7) is 3.40. The van der Waals surface area contributed by atoms with Gasteiger partial charge in [-0.15, -0.1) is 11.3 Å². The average molecular weight is 316 g/mol. The van der Waals surface area contributed by atoms with Crippen LogP contribution in [-0.2, 0) is 11.3 Å². The van der Waals surface area contributed by atoms with E-state index in [0.717, 1.165) is 5.69 Å². The van der Waals surface area contributed by atoms with Gasteiger partial charge in [0.25, 0.3) is 5.89 Å². The van der Waals surface area contributed by atoms with Crippen molar-refractivity contribution in [3.8, 4) is 10.7 Å². The molecule has 0 atom stereocenters. The van der Waals surface area contributed by atoms with Crippen LogP contribution in [0.2, 0.25) is 0 Å². The topological polar surface area (TPSA) is 91.0 Å². The first-order chi connectivity index (χ1) is 10.6. The summed E-state index contributed by atoms with van der Waals surface area (Å²) in [5.41, 5.74) is 1.33. The smallest absolute Gasteiger partial charge is 0.350 e. The normalized spacial score (nSPS) is 10.6. The highest BCUT2D eigenvalue weighted by molar-refractivity contribution is 7.17. The summed E-state index contributed by atoms with van der Waals surface area (Å²) in [6.07, 6.45) is 1.68. The second kappa shape index (κ2) is 6.02. The Hall–Kier alpha value is -2.61. The van der Waals surface area contributed by atoms with E-state index in [2.05, 4.69) is 20.1 Å². The maximum Gasteiger partial charge on any atom is 0.350 e. The first kappa shape index (κ1) is 14.3. The predicted molar refractivity (Wildman–Crippen MR) is 78.2 cm³/mol. The van der Waals surface area contributed by atoms with Gasteiger partial charge in [-0.3, -0.25) is 4.98 Å². The lowest BCUT2D eigenvalue weighted by molar-refractivity contribution is 0.0434. The van der Waals surface area contributed by atoms with Crippen LogP contribution in [0.5, 0.6) is 0 Å². The molecule has 0 aliphatic heterocycles. The molecule has 3 rings (SSSR count). The Balaban J connectivity index is 1.74. The SMILES string of the molecule is Cc1noc(COC(=O)c2sc(-c3ccccn3)nc2C)n1. The van der Waals surface area contributed by atoms with Gasteiger partial charge in [0.2, 0.25) is 0 Å². The number of pyridine rings is 1. The van der Waals surface area contributed by atoms with Gasteiger partial charge in [0.1, 0.15) is 9.88 Å². The van der Waals surface area contributed by atoms with Crippen molar-refractivity contribution < 1.29 is 14.1 Å². The highest BCUT2D eigenvalue weighted by atomic mass is 32.1. The van der Waals surface area contributed by atoms with Gasteiger partial charge in [-0.2, -0.15) is 4.98 Å². The van der Waals surface area contributed by atoms with Crippen LogP contribution >= 0.6 is 11.3 Å². The Morgan fingerprint density at radius 3 is 2.86 bits per heavy atom. The van der Waals surface area contributed by atoms with Crippen molar-refractivity contribution in [2.24, 2.45) is 0 Å². The number of carbonyl (C=O) groups is 1. The van der Waals surface area contributed by atoms with Crippen LogP contribution < -0.4 is 0 Å². The monoisotopic (exact) mass is 316 g/mol. The molecule has 0 spiro atoms. The molecule has 0 N–H and O–H groups in total. The molecule has 22 heavy (non-hydrogen) atoms. The summed E-state index contributed by atoms with van der Waals surface area (Å²) in [7, 11) is 0. The number of nitrogens with zero attached hydrogens (tertiary/aromatic N) is 4. The Bertz CT molecular complexity index is 798. The Labute approximate surface area is 130 Å². The van der Waals surface area contributed by atoms with E-state index in [9.17, 15) is 4.79 Å². The minimum absolute atomic E-state index is 0.0596. The lowest BCUT2D eigenvalue weighted by atomic mass is 10.3. The van der Waals surface area contributed by atoms with Crippen molar-refractivity contribution in [1.29, 1.82) is 0 Å². The van der Waals surface area contributed by atoms with E-state index >= 15 is 0 Å². The van der Waals surface area contributed by atoms with Gasteiger partial charge in [-0.25, -0.2) is 9.78 Å². The minimum Gasteiger partial charge on any atom is -0.451 e. The third-order valence-corrected chi connectivity index (χ3v) is 3.92. The molecule has 0 saturated heterocycles. The molecule has 3 heterocycles. The third-order valence-electron chi connectivity index (χ3n) is 2.76. The van der Waals surface area contributed by atoms with E-state index in [1.807, 2.05) is 18.2 Å². The zero-order valence-electron chi connectivity index (χ0n) is 11.9. The predicted octanol–water partition coefficient (Wildman–Crippen LogP) is 2.56. The van der Waals surface area contributed by atoms with Gasteiger partial charge in [-0.05, 0) is 26.0 Å². The maximum absolute atomic E-state index is 12.1. The van der Waals surface area contributed by atoms with Crippen LogP contribution in [0.25, 0.3) is 10.7 Å². The van der Waals surface area contributed by atoms with E-state index in [0.29, 0.717) is 21.4 Å². The summed E-state index contributed by atoms with van der Waals surface area (Å²) in [4.78, 5) is 25.1. The van der Waals surface area contributed by atoms with Crippen LogP contribution in [0.1, 0.15) is 27.1 Å². The van der Waals surface area contributed by atoms with Gasteiger partial charge >= 0.3 is 5.97 Å². The van der Waals surface area contributed by atoms with Crippen molar-refractivity contribution in [2.45, 2.75) is 20.5 Å². The summed E-state index contributed by atoms with van der Waals surface area (Å²) >= 11 is 1.25. The third kappa shape index (κ3) is 3.01. The summed E-state index contributed by atoms with van der Waals surface area (Å²) in [5, 5.41) is 4.31. The van der Waals surface area contributed by atoms with E-state index in [1.165, 1.54) is 11.3 Å². The van der Waals surface area contributed by atoms with Crippen molar-refractivity contribution >= 4 is 17.3 Å². The molecule has 3 aromatic rings. The molecular formula is C14H12N4O3S. The highest BCUT2D eigenvalue weighted by Crippen LogP contribution is 2.27. The van der Waals surface area contributed by atoms with Crippen molar-refractivity contribution in [2.75, 3.05) is 0 Å². The van der Waals surface area contributed by atoms with Crippen LogP contribution in [-0.4, -0.2) is 26.1 Å². The molecule has 0 radical (unpaired) electrons. The number of ether oxygens (including phenoxy) is 1. The molecule has 0 fully saturated rings. The average Bonchev–Trinajstić information content (AvgIpc) is 3.12. The van der Waals surface area contributed by atoms with Crippen LogP contribution in [0.4, 0.5) is 0 Å². The van der Waals surface area contributed by atoms with Crippen molar-refractivity contribution in [3.05, 3.63) is 46.7 Å². The fraction of sp³-hybridized carbons (Fsp3) is 0.214. The molecule has 0 amide bonds. The number of aryl methyl sites for hydroxylation is 2. The minimum atomic E-state index is -0.465. The highest BCUT2D eigenvalue weighted by Gasteiger charge is 2.19. The largest absolute Gasteiger partial charge is 0.451 e. The molecular weight excluding hydrogens is 304 g/mol. The second-order valence-electron chi connectivity index (χ2n) is 4.46. The quantitative estimate of drug-likeness (QED) is 0.683. The van der Waals surface area contributed by atoms with Crippen LogP contribution in [0.15, 0.2) is 28.9 Å². The zero-order valence-corrected chi connectivity index (χ0v) is 12.8. The molecule has 7 nitrogen and oxygen atoms in total. The van der Waals surface area contributed by atoms with Crippen molar-refractivity contribution in [3.63, 3.8) is 0 Å². The summed E-state index contributed by atoms with van der Waals surface area (Å²) in [5.74, 6) is 0.295. The molecule has 0 aliphatic rings. The molecule has 3 aromatic heterocycles. The van der Waals surface area contributed by atoms with E-state index in [1.54, 1.807) is 20.0 Å². The fourth-order valence-electron chi connectivity index (χ4n) is 1.78. The zero-order chi connectivity index (χ0) is 15.5. The molecule has 112 valence electrons. The van der Waals surface area contributed by atoms with E-state index in [4.69, 9.17) is 9.26 Å². The number of thiazole rings is 1. The van der Waals surface area contributed by atoms with E-state index in [-0.39, 0.29) is 12.5 Å². The number of hydrogen-bond donors (Lipinski definition) is 0. The van der Waals surface area contributed by atoms with Crippen molar-refractivity contribution in [1.82, 2.24) is 20.1 Å². The Morgan fingerprint density at radius 2 is 2.18 bits per heavy atom. The second-order valence-corrected chi connectivity index (χ2v) is 5.46. The molecule has 0 unspecified atom stereocenters. The molecule has 0 bridgehead atoms. The van der Waals surface area contributed by atoms with Crippen LogP contribution in [0.3, 0.4) is 0 Å². The molecule has 0 saturated carbocycles. The van der Waals surface area contributed by atoms with Gasteiger partial charge in [0, 0.05) is 6.20 Å². The lowest BCUT2D eigenvalue weighted by Gasteiger charge is -1.99. The Kier molecular flexibility index (Phi) is 3.92. The number of carbonyl (C=O) groups excluding carboxylic acids is 1. The summed E-state index contributed by atoms with van der Waals surface area (Å²) < 4.78 is 10.1. The number of esters is 1. The van der Waals surface area contributed by atoms with Gasteiger partial charge in [-0.1, -0.05) is 11.2 Å². The standard InChI is InChI=1S/C14H12N4O3S/c1-8-12(14(19)20-7-11-17-9(2)18-21-11)22-13(16-8)10-5-3-4-6-15-10/h3-6H,7H2,1-2H3. The Morgan fingerprint density at radius 1 is 1.32 bits per heavy atom. The lowest BCUT2D eigenvalue weighted by Crippen LogP contribution is -2.05. The van der Waals surface area contributed by atoms with Gasteiger partial charge in [0.15, 0.2) is 12.4 Å². The number of hydrogen-bond acceptors (Lipinski definition) is 8. The van der Waals surface area contributed by atoms with Gasteiger partial charge < -0.3 is 9.26 Å². The first-order valence-electron chi connectivity index (χ1n) is 6.48.